The lowest BCUT2D eigenvalue weighted by atomic mass is 10.1. The minimum absolute atomic E-state index is 0. The lowest BCUT2D eigenvalue weighted by Gasteiger charge is -2.18. The third kappa shape index (κ3) is 7.58. The molecule has 164 valence electrons. The first-order chi connectivity index (χ1) is 14.2. The minimum atomic E-state index is 0. The normalized spacial score (nSPS) is 17.5. The second kappa shape index (κ2) is 12.9. The van der Waals surface area contributed by atoms with Crippen LogP contribution in [0.15, 0.2) is 52.2 Å². The van der Waals surface area contributed by atoms with Crippen molar-refractivity contribution in [3.8, 4) is 0 Å². The number of carbonyl (C=O) groups excluding carboxylic acids is 1. The molecule has 1 aromatic heterocycles. The largest absolute Gasteiger partial charge is 0.357 e. The van der Waals surface area contributed by atoms with Crippen LogP contribution in [0.2, 0.25) is 0 Å². The number of halogens is 1. The maximum atomic E-state index is 12.4. The molecule has 5 nitrogen and oxygen atoms in total. The summed E-state index contributed by atoms with van der Waals surface area (Å²) < 4.78 is 0. The van der Waals surface area contributed by atoms with E-state index in [4.69, 9.17) is 4.99 Å². The van der Waals surface area contributed by atoms with Crippen molar-refractivity contribution >= 4 is 47.2 Å². The topological polar surface area (TPSA) is 56.7 Å². The number of guanidine groups is 1. The van der Waals surface area contributed by atoms with Gasteiger partial charge in [-0.3, -0.25) is 9.79 Å². The summed E-state index contributed by atoms with van der Waals surface area (Å²) in [6.45, 7) is 8.24. The van der Waals surface area contributed by atoms with Crippen LogP contribution in [0.4, 0.5) is 0 Å². The van der Waals surface area contributed by atoms with Crippen LogP contribution in [-0.2, 0) is 11.2 Å². The van der Waals surface area contributed by atoms with E-state index in [0.29, 0.717) is 18.3 Å². The Bertz CT molecular complexity index is 782. The van der Waals surface area contributed by atoms with Gasteiger partial charge in [0.15, 0.2) is 5.96 Å². The summed E-state index contributed by atoms with van der Waals surface area (Å²) in [5, 5.41) is 11.1. The number of amides is 1. The van der Waals surface area contributed by atoms with Crippen LogP contribution in [0.3, 0.4) is 0 Å². The first-order valence-corrected chi connectivity index (χ1v) is 11.5. The van der Waals surface area contributed by atoms with Crippen LogP contribution < -0.4 is 10.6 Å². The van der Waals surface area contributed by atoms with Gasteiger partial charge in [0.25, 0.3) is 0 Å². The van der Waals surface area contributed by atoms with Crippen LogP contribution in [0.25, 0.3) is 0 Å². The summed E-state index contributed by atoms with van der Waals surface area (Å²) in [5.74, 6) is 1.83. The van der Waals surface area contributed by atoms with Crippen molar-refractivity contribution in [1.82, 2.24) is 15.5 Å². The quantitative estimate of drug-likeness (QED) is 0.286. The molecule has 7 heteroatoms. The molecule has 1 aliphatic heterocycles. The van der Waals surface area contributed by atoms with E-state index < -0.39 is 0 Å². The molecule has 2 unspecified atom stereocenters. The fourth-order valence-corrected chi connectivity index (χ4v) is 4.37. The SMILES string of the molecule is CCNC(=NCC(C)c1ccsc1)NCC1CC(=O)N(CCc2ccccc2)C1.I. The van der Waals surface area contributed by atoms with Crippen LogP contribution in [0.5, 0.6) is 0 Å². The summed E-state index contributed by atoms with van der Waals surface area (Å²) in [4.78, 5) is 19.1. The van der Waals surface area contributed by atoms with Crippen molar-refractivity contribution in [2.45, 2.75) is 32.6 Å². The molecule has 30 heavy (non-hydrogen) atoms. The first kappa shape index (κ1) is 24.7. The molecule has 1 amide bonds. The molecule has 0 spiro atoms. The van der Waals surface area contributed by atoms with Crippen molar-refractivity contribution in [3.05, 3.63) is 58.3 Å². The van der Waals surface area contributed by atoms with Gasteiger partial charge in [0, 0.05) is 51.0 Å². The average Bonchev–Trinajstić information content (AvgIpc) is 3.39. The van der Waals surface area contributed by atoms with Crippen LogP contribution in [0.1, 0.15) is 37.3 Å². The number of likely N-dealkylation sites (tertiary alicyclic amines) is 1. The van der Waals surface area contributed by atoms with Gasteiger partial charge in [0.05, 0.1) is 0 Å². The predicted molar refractivity (Wildman–Crippen MR) is 137 cm³/mol. The van der Waals surface area contributed by atoms with Crippen molar-refractivity contribution in [2.24, 2.45) is 10.9 Å². The molecular formula is C23H33IN4OS. The highest BCUT2D eigenvalue weighted by Crippen LogP contribution is 2.19. The van der Waals surface area contributed by atoms with E-state index in [0.717, 1.165) is 45.1 Å². The maximum Gasteiger partial charge on any atom is 0.223 e. The van der Waals surface area contributed by atoms with E-state index >= 15 is 0 Å². The molecule has 2 N–H and O–H groups in total. The Hall–Kier alpha value is -1.61. The Morgan fingerprint density at radius 2 is 2.07 bits per heavy atom. The fraction of sp³-hybridized carbons (Fsp3) is 0.478. The van der Waals surface area contributed by atoms with Gasteiger partial charge in [-0.1, -0.05) is 37.3 Å². The van der Waals surface area contributed by atoms with Gasteiger partial charge < -0.3 is 15.5 Å². The number of hydrogen-bond donors (Lipinski definition) is 2. The predicted octanol–water partition coefficient (Wildman–Crippen LogP) is 4.12. The average molecular weight is 541 g/mol. The Kier molecular flexibility index (Phi) is 10.6. The first-order valence-electron chi connectivity index (χ1n) is 10.5. The molecule has 1 saturated heterocycles. The van der Waals surface area contributed by atoms with E-state index in [2.05, 4.69) is 65.6 Å². The molecule has 2 aromatic rings. The number of rotatable bonds is 9. The summed E-state index contributed by atoms with van der Waals surface area (Å²) in [6, 6.07) is 12.5. The van der Waals surface area contributed by atoms with E-state index in [1.165, 1.54) is 11.1 Å². The third-order valence-electron chi connectivity index (χ3n) is 5.35. The van der Waals surface area contributed by atoms with Gasteiger partial charge >= 0.3 is 0 Å². The second-order valence-electron chi connectivity index (χ2n) is 7.70. The minimum Gasteiger partial charge on any atom is -0.357 e. The molecule has 0 saturated carbocycles. The van der Waals surface area contributed by atoms with Gasteiger partial charge in [-0.05, 0) is 41.3 Å². The van der Waals surface area contributed by atoms with Crippen molar-refractivity contribution in [1.29, 1.82) is 0 Å². The number of carbonyl (C=O) groups is 1. The maximum absolute atomic E-state index is 12.4. The molecule has 2 heterocycles. The van der Waals surface area contributed by atoms with Crippen molar-refractivity contribution in [3.63, 3.8) is 0 Å². The highest BCUT2D eigenvalue weighted by molar-refractivity contribution is 14.0. The summed E-state index contributed by atoms with van der Waals surface area (Å²) in [7, 11) is 0. The van der Waals surface area contributed by atoms with Crippen molar-refractivity contribution in [2.75, 3.05) is 32.7 Å². The summed E-state index contributed by atoms with van der Waals surface area (Å²) >= 11 is 1.73. The summed E-state index contributed by atoms with van der Waals surface area (Å²) in [6.07, 6.45) is 1.53. The number of hydrogen-bond acceptors (Lipinski definition) is 3. The second-order valence-corrected chi connectivity index (χ2v) is 8.48. The monoisotopic (exact) mass is 540 g/mol. The molecule has 3 rings (SSSR count). The van der Waals surface area contributed by atoms with Crippen LogP contribution >= 0.6 is 35.3 Å². The third-order valence-corrected chi connectivity index (χ3v) is 6.05. The molecule has 1 fully saturated rings. The number of thiophene rings is 1. The molecule has 0 aliphatic carbocycles. The van der Waals surface area contributed by atoms with Gasteiger partial charge in [-0.25, -0.2) is 0 Å². The molecule has 2 atom stereocenters. The Balaban J connectivity index is 0.00000320. The van der Waals surface area contributed by atoms with E-state index in [-0.39, 0.29) is 29.9 Å². The van der Waals surface area contributed by atoms with Crippen LogP contribution in [-0.4, -0.2) is 49.5 Å². The molecule has 0 bridgehead atoms. The van der Waals surface area contributed by atoms with Gasteiger partial charge in [-0.15, -0.1) is 24.0 Å². The van der Waals surface area contributed by atoms with E-state index in [9.17, 15) is 4.79 Å². The van der Waals surface area contributed by atoms with Gasteiger partial charge in [0.1, 0.15) is 0 Å². The Morgan fingerprint density at radius 3 is 2.77 bits per heavy atom. The Morgan fingerprint density at radius 1 is 1.27 bits per heavy atom. The lowest BCUT2D eigenvalue weighted by molar-refractivity contribution is -0.127. The highest BCUT2D eigenvalue weighted by atomic mass is 127. The fourth-order valence-electron chi connectivity index (χ4n) is 3.59. The van der Waals surface area contributed by atoms with E-state index in [1.54, 1.807) is 11.3 Å². The number of nitrogens with one attached hydrogen (secondary N) is 2. The van der Waals surface area contributed by atoms with Gasteiger partial charge in [0.2, 0.25) is 5.91 Å². The highest BCUT2D eigenvalue weighted by Gasteiger charge is 2.29. The molecule has 0 radical (unpaired) electrons. The number of aliphatic imine (C=N–C) groups is 1. The smallest absolute Gasteiger partial charge is 0.223 e. The molecular weight excluding hydrogens is 507 g/mol. The van der Waals surface area contributed by atoms with Crippen molar-refractivity contribution < 1.29 is 4.79 Å². The zero-order chi connectivity index (χ0) is 20.5. The molecule has 1 aliphatic rings. The zero-order valence-corrected chi connectivity index (χ0v) is 21.0. The lowest BCUT2D eigenvalue weighted by Crippen LogP contribution is -2.40. The summed E-state index contributed by atoms with van der Waals surface area (Å²) in [5.41, 5.74) is 2.62. The number of nitrogens with zero attached hydrogens (tertiary/aromatic N) is 2. The Labute approximate surface area is 201 Å². The van der Waals surface area contributed by atoms with E-state index in [1.807, 2.05) is 11.0 Å². The van der Waals surface area contributed by atoms with Gasteiger partial charge in [-0.2, -0.15) is 11.3 Å². The number of benzene rings is 1. The zero-order valence-electron chi connectivity index (χ0n) is 17.8. The standard InChI is InChI=1S/C23H32N4OS.HI/c1-3-24-23(25-14-18(2)21-10-12-29-17-21)26-15-20-13-22(28)27(16-20)11-9-19-7-5-4-6-8-19;/h4-8,10,12,17-18,20H,3,9,11,13-16H2,1-2H3,(H2,24,25,26);1H. The molecule has 1 aromatic carbocycles. The van der Waals surface area contributed by atoms with Crippen LogP contribution in [0, 0.1) is 5.92 Å².